The molecule has 15 heavy (non-hydrogen) atoms. The lowest BCUT2D eigenvalue weighted by Crippen LogP contribution is -2.28. The summed E-state index contributed by atoms with van der Waals surface area (Å²) in [7, 11) is 0. The fourth-order valence-electron chi connectivity index (χ4n) is 1.37. The van der Waals surface area contributed by atoms with Crippen molar-refractivity contribution < 1.29 is 9.84 Å². The summed E-state index contributed by atoms with van der Waals surface area (Å²) in [5.41, 5.74) is -0.578. The Labute approximate surface area is 99.0 Å². The van der Waals surface area contributed by atoms with Gasteiger partial charge in [-0.2, -0.15) is 0 Å². The van der Waals surface area contributed by atoms with Crippen LogP contribution in [0.4, 0.5) is 0 Å². The smallest absolute Gasteiger partial charge is 0.157 e. The minimum absolute atomic E-state index is 0.125. The molecule has 3 heteroatoms. The van der Waals surface area contributed by atoms with Crippen LogP contribution in [-0.4, -0.2) is 21.9 Å². The second-order valence-electron chi connectivity index (χ2n) is 4.78. The van der Waals surface area contributed by atoms with E-state index < -0.39 is 5.60 Å². The summed E-state index contributed by atoms with van der Waals surface area (Å²) in [6.07, 6.45) is 2.51. The zero-order valence-electron chi connectivity index (χ0n) is 10.5. The minimum atomic E-state index is -0.578. The first-order valence-electron chi connectivity index (χ1n) is 5.68. The maximum Gasteiger partial charge on any atom is 0.157 e. The summed E-state index contributed by atoms with van der Waals surface area (Å²) in [6, 6.07) is 0. The summed E-state index contributed by atoms with van der Waals surface area (Å²) in [5.74, 6) is 0.426. The van der Waals surface area contributed by atoms with E-state index in [9.17, 15) is 5.11 Å². The van der Waals surface area contributed by atoms with Crippen molar-refractivity contribution in [1.82, 2.24) is 0 Å². The summed E-state index contributed by atoms with van der Waals surface area (Å²) in [4.78, 5) is 0. The van der Waals surface area contributed by atoms with Gasteiger partial charge in [0.15, 0.2) is 5.05 Å². The highest BCUT2D eigenvalue weighted by Gasteiger charge is 2.22. The molecule has 0 spiro atoms. The van der Waals surface area contributed by atoms with Gasteiger partial charge in [-0.25, -0.2) is 0 Å². The Morgan fingerprint density at radius 1 is 1.47 bits per heavy atom. The molecule has 0 radical (unpaired) electrons. The molecule has 90 valence electrons. The Bertz CT molecular complexity index is 200. The summed E-state index contributed by atoms with van der Waals surface area (Å²) in [5, 5.41) is 10.5. The predicted molar refractivity (Wildman–Crippen MR) is 68.1 cm³/mol. The SMILES string of the molecule is CC[C@](C)(O)CCC(OC(C)=S)C(C)C. The predicted octanol–water partition coefficient (Wildman–Crippen LogP) is 3.32. The highest BCUT2D eigenvalue weighted by molar-refractivity contribution is 7.80. The molecule has 0 aliphatic carbocycles. The van der Waals surface area contributed by atoms with Crippen LogP contribution in [0.15, 0.2) is 0 Å². The Morgan fingerprint density at radius 3 is 2.33 bits per heavy atom. The average Bonchev–Trinajstić information content (AvgIpc) is 2.11. The molecule has 0 heterocycles. The number of aliphatic hydroxyl groups is 1. The van der Waals surface area contributed by atoms with Gasteiger partial charge >= 0.3 is 0 Å². The zero-order chi connectivity index (χ0) is 12.1. The van der Waals surface area contributed by atoms with Crippen LogP contribution in [0.25, 0.3) is 0 Å². The van der Waals surface area contributed by atoms with Gasteiger partial charge in [-0.05, 0) is 44.3 Å². The van der Waals surface area contributed by atoms with Crippen molar-refractivity contribution >= 4 is 17.3 Å². The standard InChI is InChI=1S/C12H24O2S/c1-6-12(5,13)8-7-11(9(2)3)14-10(4)15/h9,11,13H,6-8H2,1-5H3/t11?,12-/m0/s1. The third-order valence-electron chi connectivity index (χ3n) is 2.79. The number of hydrogen-bond acceptors (Lipinski definition) is 3. The van der Waals surface area contributed by atoms with E-state index in [0.29, 0.717) is 11.0 Å². The largest absolute Gasteiger partial charge is 0.484 e. The van der Waals surface area contributed by atoms with Crippen molar-refractivity contribution in [2.24, 2.45) is 5.92 Å². The molecule has 0 aliphatic heterocycles. The molecule has 0 rings (SSSR count). The number of thiocarbonyl (C=S) groups is 1. The van der Waals surface area contributed by atoms with E-state index in [-0.39, 0.29) is 6.10 Å². The van der Waals surface area contributed by atoms with E-state index in [1.54, 1.807) is 6.92 Å². The lowest BCUT2D eigenvalue weighted by molar-refractivity contribution is 0.0245. The quantitative estimate of drug-likeness (QED) is 0.712. The van der Waals surface area contributed by atoms with Crippen LogP contribution in [0.5, 0.6) is 0 Å². The molecule has 0 fully saturated rings. The van der Waals surface area contributed by atoms with Crippen LogP contribution in [0.1, 0.15) is 53.9 Å². The molecule has 0 aromatic rings. The molecule has 2 nitrogen and oxygen atoms in total. The van der Waals surface area contributed by atoms with E-state index >= 15 is 0 Å². The lowest BCUT2D eigenvalue weighted by Gasteiger charge is -2.27. The first-order chi connectivity index (χ1) is 6.78. The normalized spacial score (nSPS) is 17.3. The van der Waals surface area contributed by atoms with Crippen LogP contribution in [0.2, 0.25) is 0 Å². The molecule has 0 saturated heterocycles. The van der Waals surface area contributed by atoms with Crippen molar-refractivity contribution in [3.8, 4) is 0 Å². The summed E-state index contributed by atoms with van der Waals surface area (Å²) >= 11 is 4.94. The Hall–Kier alpha value is -0.150. The maximum atomic E-state index is 9.90. The Balaban J connectivity index is 4.13. The molecule has 0 saturated carbocycles. The molecular weight excluding hydrogens is 208 g/mol. The fourth-order valence-corrected chi connectivity index (χ4v) is 1.50. The highest BCUT2D eigenvalue weighted by atomic mass is 32.1. The number of rotatable bonds is 6. The van der Waals surface area contributed by atoms with E-state index in [0.717, 1.165) is 19.3 Å². The van der Waals surface area contributed by atoms with Gasteiger partial charge in [-0.1, -0.05) is 20.8 Å². The topological polar surface area (TPSA) is 29.5 Å². The monoisotopic (exact) mass is 232 g/mol. The van der Waals surface area contributed by atoms with Gasteiger partial charge in [-0.3, -0.25) is 0 Å². The average molecular weight is 232 g/mol. The lowest BCUT2D eigenvalue weighted by atomic mass is 9.92. The van der Waals surface area contributed by atoms with Gasteiger partial charge < -0.3 is 9.84 Å². The summed E-state index contributed by atoms with van der Waals surface area (Å²) < 4.78 is 5.57. The van der Waals surface area contributed by atoms with E-state index in [1.807, 2.05) is 13.8 Å². The maximum absolute atomic E-state index is 9.90. The summed E-state index contributed by atoms with van der Waals surface area (Å²) in [6.45, 7) is 9.89. The third kappa shape index (κ3) is 6.85. The molecule has 1 unspecified atom stereocenters. The van der Waals surface area contributed by atoms with Crippen LogP contribution in [0.3, 0.4) is 0 Å². The van der Waals surface area contributed by atoms with Crippen molar-refractivity contribution in [3.05, 3.63) is 0 Å². The minimum Gasteiger partial charge on any atom is -0.484 e. The van der Waals surface area contributed by atoms with Crippen molar-refractivity contribution in [2.75, 3.05) is 0 Å². The molecule has 0 bridgehead atoms. The van der Waals surface area contributed by atoms with Gasteiger partial charge in [0.1, 0.15) is 6.10 Å². The van der Waals surface area contributed by atoms with Crippen molar-refractivity contribution in [3.63, 3.8) is 0 Å². The van der Waals surface area contributed by atoms with Crippen LogP contribution in [0, 0.1) is 5.92 Å². The zero-order valence-corrected chi connectivity index (χ0v) is 11.4. The van der Waals surface area contributed by atoms with Crippen LogP contribution >= 0.6 is 12.2 Å². The van der Waals surface area contributed by atoms with Gasteiger partial charge in [0.25, 0.3) is 0 Å². The first-order valence-corrected chi connectivity index (χ1v) is 6.09. The van der Waals surface area contributed by atoms with Crippen LogP contribution in [-0.2, 0) is 4.74 Å². The number of hydrogen-bond donors (Lipinski definition) is 1. The van der Waals surface area contributed by atoms with Crippen LogP contribution < -0.4 is 0 Å². The Morgan fingerprint density at radius 2 is 2.00 bits per heavy atom. The first kappa shape index (κ1) is 14.8. The molecule has 0 aromatic heterocycles. The molecule has 0 aromatic carbocycles. The molecule has 1 N–H and O–H groups in total. The molecule has 2 atom stereocenters. The van der Waals surface area contributed by atoms with Crippen molar-refractivity contribution in [1.29, 1.82) is 0 Å². The molecular formula is C12H24O2S. The van der Waals surface area contributed by atoms with E-state index in [2.05, 4.69) is 13.8 Å². The Kier molecular flexibility index (Phi) is 6.37. The second kappa shape index (κ2) is 6.44. The van der Waals surface area contributed by atoms with Gasteiger partial charge in [0.05, 0.1) is 5.60 Å². The van der Waals surface area contributed by atoms with Gasteiger partial charge in [0, 0.05) is 6.92 Å². The van der Waals surface area contributed by atoms with E-state index in [1.165, 1.54) is 0 Å². The van der Waals surface area contributed by atoms with E-state index in [4.69, 9.17) is 17.0 Å². The van der Waals surface area contributed by atoms with Gasteiger partial charge in [-0.15, -0.1) is 0 Å². The molecule has 0 amide bonds. The fraction of sp³-hybridized carbons (Fsp3) is 0.917. The second-order valence-corrected chi connectivity index (χ2v) is 5.36. The highest BCUT2D eigenvalue weighted by Crippen LogP contribution is 2.21. The van der Waals surface area contributed by atoms with Crippen molar-refractivity contribution in [2.45, 2.75) is 65.6 Å². The molecule has 0 aliphatic rings. The number of ether oxygens (including phenoxy) is 1. The van der Waals surface area contributed by atoms with Gasteiger partial charge in [0.2, 0.25) is 0 Å². The third-order valence-corrected chi connectivity index (χ3v) is 2.89.